The summed E-state index contributed by atoms with van der Waals surface area (Å²) in [5.74, 6) is -1.32. The molecule has 0 aliphatic carbocycles. The number of amides is 1. The van der Waals surface area contributed by atoms with E-state index in [1.54, 1.807) is 0 Å². The van der Waals surface area contributed by atoms with E-state index in [1.807, 2.05) is 0 Å². The van der Waals surface area contributed by atoms with Gasteiger partial charge in [-0.05, 0) is 41.8 Å². The number of nitrogens with one attached hydrogen (secondary N) is 1. The van der Waals surface area contributed by atoms with E-state index in [4.69, 9.17) is 11.6 Å². The first kappa shape index (κ1) is 22.0. The molecular formula is C19H16ClNO7S2. The molecule has 0 bridgehead atoms. The summed E-state index contributed by atoms with van der Waals surface area (Å²) in [6.07, 6.45) is 0. The van der Waals surface area contributed by atoms with E-state index in [0.717, 1.165) is 6.07 Å². The molecule has 0 radical (unpaired) electrons. The lowest BCUT2D eigenvalue weighted by Gasteiger charge is -2.12. The van der Waals surface area contributed by atoms with Gasteiger partial charge in [0.2, 0.25) is 0 Å². The molecule has 0 unspecified atom stereocenters. The highest BCUT2D eigenvalue weighted by molar-refractivity contribution is 7.91. The van der Waals surface area contributed by atoms with Crippen molar-refractivity contribution in [2.75, 3.05) is 16.9 Å². The molecule has 0 heterocycles. The van der Waals surface area contributed by atoms with E-state index in [2.05, 4.69) is 5.32 Å². The van der Waals surface area contributed by atoms with Gasteiger partial charge in [0.25, 0.3) is 16.0 Å². The highest BCUT2D eigenvalue weighted by Gasteiger charge is 2.18. The Hall–Kier alpha value is -2.66. The number of rotatable bonds is 6. The summed E-state index contributed by atoms with van der Waals surface area (Å²) < 4.78 is 56.2. The van der Waals surface area contributed by atoms with Crippen LogP contribution in [0.25, 0.3) is 10.8 Å². The summed E-state index contributed by atoms with van der Waals surface area (Å²) in [5, 5.41) is 13.4. The Labute approximate surface area is 177 Å². The molecule has 0 atom stereocenters. The Balaban J connectivity index is 2.00. The van der Waals surface area contributed by atoms with Crippen LogP contribution in [0.2, 0.25) is 0 Å². The predicted molar refractivity (Wildman–Crippen MR) is 113 cm³/mol. The number of carbonyl (C=O) groups is 1. The van der Waals surface area contributed by atoms with Crippen molar-refractivity contribution in [2.24, 2.45) is 0 Å². The lowest BCUT2D eigenvalue weighted by molar-refractivity contribution is 0.102. The molecule has 0 fully saturated rings. The van der Waals surface area contributed by atoms with Crippen molar-refractivity contribution in [2.45, 2.75) is 9.79 Å². The topological polar surface area (TPSA) is 138 Å². The molecule has 0 spiro atoms. The second-order valence-corrected chi connectivity index (χ2v) is 10.2. The molecule has 158 valence electrons. The Morgan fingerprint density at radius 1 is 0.967 bits per heavy atom. The number of sulfone groups is 1. The molecule has 11 heteroatoms. The SMILES string of the molecule is O=C(Nc1c(O)ccc2cc(S(=O)(=O)O)ccc12)c1cccc(S(=O)(=O)CCCl)c1. The quantitative estimate of drug-likeness (QED) is 0.286. The van der Waals surface area contributed by atoms with Gasteiger partial charge in [0.1, 0.15) is 5.75 Å². The number of carbonyl (C=O) groups excluding carboxylic acids is 1. The summed E-state index contributed by atoms with van der Waals surface area (Å²) >= 11 is 5.52. The van der Waals surface area contributed by atoms with Crippen molar-refractivity contribution >= 4 is 53.9 Å². The fourth-order valence-corrected chi connectivity index (χ4v) is 4.98. The fraction of sp³-hybridized carbons (Fsp3) is 0.105. The Kier molecular flexibility index (Phi) is 6.04. The summed E-state index contributed by atoms with van der Waals surface area (Å²) in [7, 11) is -8.07. The van der Waals surface area contributed by atoms with Gasteiger partial charge in [0.15, 0.2) is 9.84 Å². The van der Waals surface area contributed by atoms with Crippen molar-refractivity contribution < 1.29 is 31.3 Å². The number of anilines is 1. The predicted octanol–water partition coefficient (Wildman–Crippen LogP) is 3.06. The normalized spacial score (nSPS) is 12.1. The van der Waals surface area contributed by atoms with Crippen molar-refractivity contribution in [1.29, 1.82) is 0 Å². The zero-order chi connectivity index (χ0) is 22.1. The number of phenols is 1. The maximum atomic E-state index is 12.7. The van der Waals surface area contributed by atoms with Gasteiger partial charge in [-0.3, -0.25) is 9.35 Å². The number of aromatic hydroxyl groups is 1. The number of fused-ring (bicyclic) bond motifs is 1. The molecule has 0 aromatic heterocycles. The van der Waals surface area contributed by atoms with E-state index < -0.39 is 25.9 Å². The van der Waals surface area contributed by atoms with Gasteiger partial charge >= 0.3 is 0 Å². The summed E-state index contributed by atoms with van der Waals surface area (Å²) in [6, 6.07) is 11.7. The minimum Gasteiger partial charge on any atom is -0.506 e. The van der Waals surface area contributed by atoms with Gasteiger partial charge in [-0.25, -0.2) is 8.42 Å². The van der Waals surface area contributed by atoms with Gasteiger partial charge in [0, 0.05) is 16.8 Å². The fourth-order valence-electron chi connectivity index (χ4n) is 2.82. The van der Waals surface area contributed by atoms with Crippen LogP contribution in [0.5, 0.6) is 5.75 Å². The molecule has 0 aliphatic heterocycles. The molecule has 0 saturated carbocycles. The monoisotopic (exact) mass is 469 g/mol. The molecule has 3 N–H and O–H groups in total. The minimum absolute atomic E-state index is 0.00778. The van der Waals surface area contributed by atoms with Gasteiger partial charge in [-0.2, -0.15) is 8.42 Å². The molecule has 3 rings (SSSR count). The number of phenolic OH excluding ortho intramolecular Hbond substituents is 1. The molecule has 0 aliphatic rings. The highest BCUT2D eigenvalue weighted by atomic mass is 35.5. The van der Waals surface area contributed by atoms with Crippen molar-refractivity contribution in [3.8, 4) is 5.75 Å². The van der Waals surface area contributed by atoms with Crippen LogP contribution in [0.3, 0.4) is 0 Å². The zero-order valence-corrected chi connectivity index (χ0v) is 17.6. The largest absolute Gasteiger partial charge is 0.506 e. The molecule has 1 amide bonds. The van der Waals surface area contributed by atoms with Crippen molar-refractivity contribution in [1.82, 2.24) is 0 Å². The second kappa shape index (κ2) is 8.23. The number of hydrogen-bond acceptors (Lipinski definition) is 6. The molecule has 30 heavy (non-hydrogen) atoms. The smallest absolute Gasteiger partial charge is 0.294 e. The van der Waals surface area contributed by atoms with E-state index >= 15 is 0 Å². The minimum atomic E-state index is -4.42. The Morgan fingerprint density at radius 2 is 1.70 bits per heavy atom. The van der Waals surface area contributed by atoms with Crippen LogP contribution in [0, 0.1) is 0 Å². The lowest BCUT2D eigenvalue weighted by atomic mass is 10.1. The molecule has 3 aromatic carbocycles. The van der Waals surface area contributed by atoms with Gasteiger partial charge in [-0.1, -0.05) is 18.2 Å². The second-order valence-electron chi connectivity index (χ2n) is 6.31. The van der Waals surface area contributed by atoms with Crippen LogP contribution < -0.4 is 5.32 Å². The first-order chi connectivity index (χ1) is 14.0. The lowest BCUT2D eigenvalue weighted by Crippen LogP contribution is -2.14. The Morgan fingerprint density at radius 3 is 2.37 bits per heavy atom. The van der Waals surface area contributed by atoms with Gasteiger partial charge < -0.3 is 10.4 Å². The highest BCUT2D eigenvalue weighted by Crippen LogP contribution is 2.34. The van der Waals surface area contributed by atoms with Gasteiger partial charge in [0.05, 0.1) is 21.2 Å². The summed E-state index contributed by atoms with van der Waals surface area (Å²) in [6.45, 7) is 0. The number of benzene rings is 3. The summed E-state index contributed by atoms with van der Waals surface area (Å²) in [4.78, 5) is 12.3. The molecule has 3 aromatic rings. The third-order valence-electron chi connectivity index (χ3n) is 4.31. The maximum absolute atomic E-state index is 12.7. The van der Waals surface area contributed by atoms with E-state index in [-0.39, 0.29) is 38.4 Å². The molecular weight excluding hydrogens is 454 g/mol. The zero-order valence-electron chi connectivity index (χ0n) is 15.2. The van der Waals surface area contributed by atoms with E-state index in [1.165, 1.54) is 48.5 Å². The maximum Gasteiger partial charge on any atom is 0.294 e. The van der Waals surface area contributed by atoms with E-state index in [0.29, 0.717) is 10.8 Å². The first-order valence-corrected chi connectivity index (χ1v) is 12.1. The van der Waals surface area contributed by atoms with Crippen LogP contribution in [-0.2, 0) is 20.0 Å². The molecule has 0 saturated heterocycles. The number of alkyl halides is 1. The average Bonchev–Trinajstić information content (AvgIpc) is 2.69. The van der Waals surface area contributed by atoms with Crippen LogP contribution in [0.15, 0.2) is 64.4 Å². The summed E-state index contributed by atoms with van der Waals surface area (Å²) in [5.41, 5.74) is 0.0463. The third-order valence-corrected chi connectivity index (χ3v) is 7.28. The van der Waals surface area contributed by atoms with Crippen molar-refractivity contribution in [3.05, 3.63) is 60.2 Å². The number of halogens is 1. The first-order valence-electron chi connectivity index (χ1n) is 8.46. The van der Waals surface area contributed by atoms with Crippen LogP contribution in [0.4, 0.5) is 5.69 Å². The Bertz CT molecular complexity index is 1350. The van der Waals surface area contributed by atoms with E-state index in [9.17, 15) is 31.3 Å². The van der Waals surface area contributed by atoms with Crippen LogP contribution in [0.1, 0.15) is 10.4 Å². The number of hydrogen-bond donors (Lipinski definition) is 3. The van der Waals surface area contributed by atoms with Crippen LogP contribution >= 0.6 is 11.6 Å². The van der Waals surface area contributed by atoms with Crippen molar-refractivity contribution in [3.63, 3.8) is 0 Å². The van der Waals surface area contributed by atoms with Crippen LogP contribution in [-0.4, -0.2) is 44.0 Å². The van der Waals surface area contributed by atoms with Gasteiger partial charge in [-0.15, -0.1) is 11.6 Å². The average molecular weight is 470 g/mol. The third kappa shape index (κ3) is 4.57. The molecule has 8 nitrogen and oxygen atoms in total. The standard InChI is InChI=1S/C19H16ClNO7S2/c20-8-9-29(24,25)14-3-1-2-13(11-14)19(23)21-18-16-6-5-15(30(26,27)28)10-12(16)4-7-17(18)22/h1-7,10-11,22H,8-9H2,(H,21,23)(H,26,27,28).